The van der Waals surface area contributed by atoms with E-state index in [1.165, 1.54) is 10.5 Å². The van der Waals surface area contributed by atoms with Crippen molar-refractivity contribution in [1.82, 2.24) is 14.8 Å². The van der Waals surface area contributed by atoms with Crippen LogP contribution in [0.4, 0.5) is 4.79 Å². The second-order valence-corrected chi connectivity index (χ2v) is 9.97. The number of aromatic nitrogens is 1. The third-order valence-corrected chi connectivity index (χ3v) is 7.55. The fraction of sp³-hybridized carbons (Fsp3) is 0.267. The standard InChI is InChI=1S/C30H29N3O3/c1-18(2)20-10-12-21(13-11-20)28-27-24(23-6-4-5-7-25(23)31-27)16-26-29(34)32(30(35)33(26)28)17-19-8-14-22(36-3)15-9-19/h4-15,18,26,28,31H,16-17H2,1-3H3/t26-,28?/m1/s1. The Labute approximate surface area is 210 Å². The van der Waals surface area contributed by atoms with Crippen LogP contribution in [0, 0.1) is 0 Å². The number of carbonyl (C=O) groups is 2. The van der Waals surface area contributed by atoms with E-state index in [1.807, 2.05) is 36.4 Å². The van der Waals surface area contributed by atoms with Crippen molar-refractivity contribution in [2.45, 2.75) is 44.8 Å². The average molecular weight is 480 g/mol. The van der Waals surface area contributed by atoms with E-state index >= 15 is 0 Å². The number of fused-ring (bicyclic) bond motifs is 4. The van der Waals surface area contributed by atoms with E-state index in [0.717, 1.165) is 39.0 Å². The molecule has 0 radical (unpaired) electrons. The van der Waals surface area contributed by atoms with Gasteiger partial charge in [-0.2, -0.15) is 0 Å². The Morgan fingerprint density at radius 3 is 2.39 bits per heavy atom. The van der Waals surface area contributed by atoms with Crippen LogP contribution in [0.25, 0.3) is 10.9 Å². The van der Waals surface area contributed by atoms with Gasteiger partial charge in [-0.1, -0.05) is 68.4 Å². The molecule has 4 aromatic rings. The number of carbonyl (C=O) groups excluding carboxylic acids is 2. The Kier molecular flexibility index (Phi) is 5.32. The summed E-state index contributed by atoms with van der Waals surface area (Å²) in [6.45, 7) is 4.57. The van der Waals surface area contributed by atoms with Gasteiger partial charge in [0.05, 0.1) is 13.7 Å². The summed E-state index contributed by atoms with van der Waals surface area (Å²) in [6.07, 6.45) is 0.504. The van der Waals surface area contributed by atoms with Crippen molar-refractivity contribution in [3.8, 4) is 5.75 Å². The van der Waals surface area contributed by atoms with Gasteiger partial charge in [-0.25, -0.2) is 4.79 Å². The molecule has 6 nitrogen and oxygen atoms in total. The lowest BCUT2D eigenvalue weighted by molar-refractivity contribution is -0.129. The van der Waals surface area contributed by atoms with Crippen LogP contribution in [0.15, 0.2) is 72.8 Å². The maximum Gasteiger partial charge on any atom is 0.328 e. The van der Waals surface area contributed by atoms with Crippen LogP contribution in [0.5, 0.6) is 5.75 Å². The molecular formula is C30H29N3O3. The van der Waals surface area contributed by atoms with Crippen molar-refractivity contribution >= 4 is 22.8 Å². The van der Waals surface area contributed by atoms with Gasteiger partial charge in [-0.05, 0) is 46.4 Å². The van der Waals surface area contributed by atoms with Gasteiger partial charge in [0.2, 0.25) is 0 Å². The Bertz CT molecular complexity index is 1450. The zero-order chi connectivity index (χ0) is 25.0. The molecule has 3 amide bonds. The predicted octanol–water partition coefficient (Wildman–Crippen LogP) is 5.78. The highest BCUT2D eigenvalue weighted by atomic mass is 16.5. The van der Waals surface area contributed by atoms with Crippen molar-refractivity contribution in [3.05, 3.63) is 101 Å². The molecular weight excluding hydrogens is 450 g/mol. The number of para-hydroxylation sites is 1. The summed E-state index contributed by atoms with van der Waals surface area (Å²) in [5.41, 5.74) is 6.29. The van der Waals surface area contributed by atoms with E-state index in [4.69, 9.17) is 4.74 Å². The SMILES string of the molecule is COc1ccc(CN2C(=O)[C@H]3Cc4c([nH]c5ccccc45)C(c4ccc(C(C)C)cc4)N3C2=O)cc1. The summed E-state index contributed by atoms with van der Waals surface area (Å²) < 4.78 is 5.25. The van der Waals surface area contributed by atoms with Crippen molar-refractivity contribution in [2.75, 3.05) is 7.11 Å². The van der Waals surface area contributed by atoms with Gasteiger partial charge >= 0.3 is 6.03 Å². The number of nitrogens with zero attached hydrogens (tertiary/aromatic N) is 2. The van der Waals surface area contributed by atoms with Crippen LogP contribution in [-0.4, -0.2) is 39.9 Å². The Morgan fingerprint density at radius 1 is 0.972 bits per heavy atom. The number of urea groups is 1. The maximum absolute atomic E-state index is 13.9. The number of imide groups is 1. The average Bonchev–Trinajstić information content (AvgIpc) is 3.38. The van der Waals surface area contributed by atoms with E-state index in [1.54, 1.807) is 12.0 Å². The quantitative estimate of drug-likeness (QED) is 0.369. The molecule has 1 aromatic heterocycles. The first-order valence-corrected chi connectivity index (χ1v) is 12.4. The first-order chi connectivity index (χ1) is 17.5. The maximum atomic E-state index is 13.9. The lowest BCUT2D eigenvalue weighted by atomic mass is 9.88. The summed E-state index contributed by atoms with van der Waals surface area (Å²) in [7, 11) is 1.62. The normalized spacial score (nSPS) is 19.2. The molecule has 0 bridgehead atoms. The van der Waals surface area contributed by atoms with Crippen LogP contribution < -0.4 is 4.74 Å². The number of aromatic amines is 1. The minimum atomic E-state index is -0.530. The molecule has 36 heavy (non-hydrogen) atoms. The van der Waals surface area contributed by atoms with Gasteiger partial charge in [-0.15, -0.1) is 0 Å². The number of amides is 3. The monoisotopic (exact) mass is 479 g/mol. The zero-order valence-corrected chi connectivity index (χ0v) is 20.7. The summed E-state index contributed by atoms with van der Waals surface area (Å²) in [4.78, 5) is 34.3. The number of methoxy groups -OCH3 is 1. The van der Waals surface area contributed by atoms with E-state index in [0.29, 0.717) is 12.3 Å². The van der Waals surface area contributed by atoms with E-state index in [9.17, 15) is 9.59 Å². The Hall–Kier alpha value is -4.06. The van der Waals surface area contributed by atoms with Crippen molar-refractivity contribution in [3.63, 3.8) is 0 Å². The predicted molar refractivity (Wildman–Crippen MR) is 139 cm³/mol. The molecule has 2 aliphatic heterocycles. The van der Waals surface area contributed by atoms with Crippen LogP contribution in [0.2, 0.25) is 0 Å². The zero-order valence-electron chi connectivity index (χ0n) is 20.7. The number of benzene rings is 3. The first kappa shape index (κ1) is 22.4. The largest absolute Gasteiger partial charge is 0.497 e. The summed E-state index contributed by atoms with van der Waals surface area (Å²) in [5.74, 6) is 1.01. The molecule has 1 fully saturated rings. The highest BCUT2D eigenvalue weighted by Crippen LogP contribution is 2.44. The third kappa shape index (κ3) is 3.48. The second-order valence-electron chi connectivity index (χ2n) is 9.97. The van der Waals surface area contributed by atoms with E-state index in [-0.39, 0.29) is 24.5 Å². The van der Waals surface area contributed by atoms with Crippen molar-refractivity contribution in [1.29, 1.82) is 0 Å². The van der Waals surface area contributed by atoms with Crippen molar-refractivity contribution < 1.29 is 14.3 Å². The number of H-pyrrole nitrogens is 1. The number of hydrogen-bond acceptors (Lipinski definition) is 3. The molecule has 1 saturated heterocycles. The molecule has 0 aliphatic carbocycles. The molecule has 0 saturated carbocycles. The highest BCUT2D eigenvalue weighted by molar-refractivity contribution is 6.05. The Morgan fingerprint density at radius 2 is 1.69 bits per heavy atom. The second kappa shape index (κ2) is 8.55. The molecule has 182 valence electrons. The summed E-state index contributed by atoms with van der Waals surface area (Å²) in [5, 5.41) is 1.12. The summed E-state index contributed by atoms with van der Waals surface area (Å²) >= 11 is 0. The lowest BCUT2D eigenvalue weighted by Crippen LogP contribution is -2.44. The molecule has 0 spiro atoms. The van der Waals surface area contributed by atoms with Gasteiger partial charge in [-0.3, -0.25) is 14.6 Å². The topological polar surface area (TPSA) is 65.6 Å². The van der Waals surface area contributed by atoms with Gasteiger partial charge in [0.25, 0.3) is 5.91 Å². The minimum absolute atomic E-state index is 0.143. The molecule has 1 unspecified atom stereocenters. The lowest BCUT2D eigenvalue weighted by Gasteiger charge is -2.36. The molecule has 2 atom stereocenters. The van der Waals surface area contributed by atoms with Gasteiger partial charge in [0, 0.05) is 23.0 Å². The van der Waals surface area contributed by atoms with E-state index in [2.05, 4.69) is 55.2 Å². The molecule has 3 aromatic carbocycles. The number of ether oxygens (including phenoxy) is 1. The number of nitrogens with one attached hydrogen (secondary N) is 1. The molecule has 6 heteroatoms. The van der Waals surface area contributed by atoms with Gasteiger partial charge in [0.15, 0.2) is 0 Å². The fourth-order valence-corrected chi connectivity index (χ4v) is 5.60. The van der Waals surface area contributed by atoms with Crippen LogP contribution in [0.3, 0.4) is 0 Å². The Balaban J connectivity index is 1.43. The van der Waals surface area contributed by atoms with Crippen LogP contribution in [0.1, 0.15) is 53.8 Å². The van der Waals surface area contributed by atoms with Gasteiger partial charge in [0.1, 0.15) is 17.8 Å². The first-order valence-electron chi connectivity index (χ1n) is 12.4. The number of hydrogen-bond donors (Lipinski definition) is 1. The van der Waals surface area contributed by atoms with Crippen molar-refractivity contribution in [2.24, 2.45) is 0 Å². The smallest absolute Gasteiger partial charge is 0.328 e. The molecule has 6 rings (SSSR count). The highest BCUT2D eigenvalue weighted by Gasteiger charge is 2.52. The van der Waals surface area contributed by atoms with Crippen LogP contribution >= 0.6 is 0 Å². The van der Waals surface area contributed by atoms with Gasteiger partial charge < -0.3 is 9.72 Å². The molecule has 1 N–H and O–H groups in total. The molecule has 3 heterocycles. The molecule has 2 aliphatic rings. The minimum Gasteiger partial charge on any atom is -0.497 e. The number of rotatable bonds is 5. The fourth-order valence-electron chi connectivity index (χ4n) is 5.60. The third-order valence-electron chi connectivity index (χ3n) is 7.55. The summed E-state index contributed by atoms with van der Waals surface area (Å²) in [6, 6.07) is 23.0. The van der Waals surface area contributed by atoms with E-state index < -0.39 is 6.04 Å². The van der Waals surface area contributed by atoms with Crippen LogP contribution in [-0.2, 0) is 17.8 Å².